The molecule has 38 heavy (non-hydrogen) atoms. The average Bonchev–Trinajstić information content (AvgIpc) is 3.57. The van der Waals surface area contributed by atoms with E-state index in [1.54, 1.807) is 0 Å². The summed E-state index contributed by atoms with van der Waals surface area (Å²) in [7, 11) is 0. The van der Waals surface area contributed by atoms with Gasteiger partial charge in [-0.1, -0.05) is 18.2 Å². The highest BCUT2D eigenvalue weighted by molar-refractivity contribution is 6.23. The highest BCUT2D eigenvalue weighted by Crippen LogP contribution is 2.40. The molecule has 202 valence electrons. The molecule has 2 aromatic rings. The van der Waals surface area contributed by atoms with Gasteiger partial charge in [0.05, 0.1) is 18.9 Å². The molecule has 0 aliphatic carbocycles. The van der Waals surface area contributed by atoms with E-state index in [0.717, 1.165) is 51.5 Å². The van der Waals surface area contributed by atoms with Crippen molar-refractivity contribution in [1.29, 1.82) is 0 Å². The van der Waals surface area contributed by atoms with Gasteiger partial charge in [0.1, 0.15) is 5.54 Å². The van der Waals surface area contributed by atoms with E-state index in [-0.39, 0.29) is 11.9 Å². The molecule has 0 unspecified atom stereocenters. The molecular weight excluding hydrogens is 478 g/mol. The van der Waals surface area contributed by atoms with Crippen LogP contribution in [0, 0.1) is 0 Å². The van der Waals surface area contributed by atoms with Crippen LogP contribution in [-0.4, -0.2) is 86.3 Å². The number of imide groups is 1. The average molecular weight is 518 g/mol. The van der Waals surface area contributed by atoms with Crippen LogP contribution >= 0.6 is 0 Å². The molecule has 0 atom stereocenters. The minimum atomic E-state index is -0.753. The largest absolute Gasteiger partial charge is 0.378 e. The number of rotatable bonds is 6. The van der Waals surface area contributed by atoms with Gasteiger partial charge in [-0.15, -0.1) is 0 Å². The van der Waals surface area contributed by atoms with E-state index in [9.17, 15) is 9.59 Å². The van der Waals surface area contributed by atoms with E-state index < -0.39 is 5.54 Å². The Labute approximate surface area is 225 Å². The molecule has 3 amide bonds. The van der Waals surface area contributed by atoms with Gasteiger partial charge in [0.15, 0.2) is 0 Å². The van der Waals surface area contributed by atoms with Crippen molar-refractivity contribution in [3.05, 3.63) is 54.1 Å². The maximum absolute atomic E-state index is 14.0. The molecule has 0 aromatic heterocycles. The molecular formula is C30H39N5O3. The second kappa shape index (κ2) is 10.6. The summed E-state index contributed by atoms with van der Waals surface area (Å²) in [5.74, 6) is -0.0712. The lowest BCUT2D eigenvalue weighted by Crippen LogP contribution is -2.56. The van der Waals surface area contributed by atoms with Crippen molar-refractivity contribution >= 4 is 29.0 Å². The van der Waals surface area contributed by atoms with Crippen LogP contribution < -0.4 is 14.7 Å². The molecule has 4 aliphatic heterocycles. The number of benzene rings is 2. The number of hydrogen-bond acceptors (Lipinski definition) is 6. The fourth-order valence-corrected chi connectivity index (χ4v) is 6.64. The highest BCUT2D eigenvalue weighted by Gasteiger charge is 2.57. The molecule has 6 rings (SSSR count). The Morgan fingerprint density at radius 1 is 0.789 bits per heavy atom. The third kappa shape index (κ3) is 4.54. The Kier molecular flexibility index (Phi) is 7.01. The Balaban J connectivity index is 1.14. The summed E-state index contributed by atoms with van der Waals surface area (Å²) >= 11 is 0. The smallest absolute Gasteiger partial charge is 0.332 e. The van der Waals surface area contributed by atoms with Crippen LogP contribution in [-0.2, 0) is 16.1 Å². The molecule has 0 N–H and O–H groups in total. The quantitative estimate of drug-likeness (QED) is 0.541. The first-order valence-corrected chi connectivity index (χ1v) is 14.2. The van der Waals surface area contributed by atoms with Gasteiger partial charge in [-0.05, 0) is 68.5 Å². The number of hydrogen-bond donors (Lipinski definition) is 0. The third-order valence-electron chi connectivity index (χ3n) is 8.82. The highest BCUT2D eigenvalue weighted by atomic mass is 16.5. The van der Waals surface area contributed by atoms with Crippen molar-refractivity contribution in [2.45, 2.75) is 44.7 Å². The molecule has 0 radical (unpaired) electrons. The van der Waals surface area contributed by atoms with Crippen molar-refractivity contribution < 1.29 is 14.3 Å². The minimum absolute atomic E-state index is 0.0712. The molecule has 2 aromatic carbocycles. The van der Waals surface area contributed by atoms with Crippen molar-refractivity contribution in [2.24, 2.45) is 0 Å². The number of urea groups is 1. The maximum atomic E-state index is 14.0. The maximum Gasteiger partial charge on any atom is 0.332 e. The summed E-state index contributed by atoms with van der Waals surface area (Å²) in [6, 6.07) is 16.6. The Morgan fingerprint density at radius 2 is 1.45 bits per heavy atom. The van der Waals surface area contributed by atoms with Gasteiger partial charge in [-0.3, -0.25) is 9.69 Å². The van der Waals surface area contributed by atoms with E-state index in [0.29, 0.717) is 38.3 Å². The number of likely N-dealkylation sites (tertiary alicyclic amines) is 1. The van der Waals surface area contributed by atoms with E-state index in [1.807, 2.05) is 36.1 Å². The first kappa shape index (κ1) is 25.2. The lowest BCUT2D eigenvalue weighted by Gasteiger charge is -2.42. The van der Waals surface area contributed by atoms with Crippen LogP contribution in [0.1, 0.15) is 38.2 Å². The van der Waals surface area contributed by atoms with Crippen LogP contribution in [0.2, 0.25) is 0 Å². The molecule has 8 nitrogen and oxygen atoms in total. The Morgan fingerprint density at radius 3 is 2.13 bits per heavy atom. The van der Waals surface area contributed by atoms with Gasteiger partial charge >= 0.3 is 6.03 Å². The van der Waals surface area contributed by atoms with Gasteiger partial charge in [0.2, 0.25) is 0 Å². The molecule has 8 heteroatoms. The van der Waals surface area contributed by atoms with Crippen molar-refractivity contribution in [3.63, 3.8) is 0 Å². The Hall–Kier alpha value is -3.10. The van der Waals surface area contributed by atoms with Gasteiger partial charge in [0, 0.05) is 63.7 Å². The topological polar surface area (TPSA) is 59.6 Å². The van der Waals surface area contributed by atoms with Gasteiger partial charge in [-0.2, -0.15) is 0 Å². The van der Waals surface area contributed by atoms with Gasteiger partial charge in [0.25, 0.3) is 5.91 Å². The second-order valence-corrected chi connectivity index (χ2v) is 11.0. The zero-order valence-corrected chi connectivity index (χ0v) is 22.5. The van der Waals surface area contributed by atoms with E-state index in [4.69, 9.17) is 4.74 Å². The number of nitrogens with zero attached hydrogens (tertiary/aromatic N) is 5. The minimum Gasteiger partial charge on any atom is -0.378 e. The lowest BCUT2D eigenvalue weighted by atomic mass is 9.85. The summed E-state index contributed by atoms with van der Waals surface area (Å²) in [6.45, 7) is 10.3. The summed E-state index contributed by atoms with van der Waals surface area (Å²) in [5, 5.41) is 0. The first-order chi connectivity index (χ1) is 18.6. The van der Waals surface area contributed by atoms with E-state index in [2.05, 4.69) is 39.0 Å². The fraction of sp³-hybridized carbons (Fsp3) is 0.533. The summed E-state index contributed by atoms with van der Waals surface area (Å²) < 4.78 is 5.49. The lowest BCUT2D eigenvalue weighted by molar-refractivity contribution is -0.127. The van der Waals surface area contributed by atoms with E-state index >= 15 is 0 Å². The number of carbonyl (C=O) groups is 2. The number of ether oxygens (including phenoxy) is 1. The Bertz CT molecular complexity index is 1150. The molecule has 4 fully saturated rings. The third-order valence-corrected chi connectivity index (χ3v) is 8.82. The first-order valence-electron chi connectivity index (χ1n) is 14.2. The second-order valence-electron chi connectivity index (χ2n) is 11.0. The normalized spacial score (nSPS) is 22.2. The van der Waals surface area contributed by atoms with Crippen LogP contribution in [0.3, 0.4) is 0 Å². The van der Waals surface area contributed by atoms with Crippen molar-refractivity contribution in [1.82, 2.24) is 9.80 Å². The van der Waals surface area contributed by atoms with Gasteiger partial charge < -0.3 is 19.4 Å². The number of carbonyl (C=O) groups excluding carboxylic acids is 2. The summed E-state index contributed by atoms with van der Waals surface area (Å²) in [5.41, 5.74) is 3.56. The monoisotopic (exact) mass is 517 g/mol. The van der Waals surface area contributed by atoms with Crippen LogP contribution in [0.25, 0.3) is 0 Å². The fourth-order valence-electron chi connectivity index (χ4n) is 6.64. The number of piperidine rings is 1. The number of amides is 3. The van der Waals surface area contributed by atoms with Crippen LogP contribution in [0.4, 0.5) is 21.9 Å². The number of morpholine rings is 1. The molecule has 4 saturated heterocycles. The van der Waals surface area contributed by atoms with Crippen LogP contribution in [0.15, 0.2) is 48.5 Å². The number of likely N-dealkylation sites (N-methyl/N-ethyl adjacent to an activating group) is 1. The van der Waals surface area contributed by atoms with Crippen molar-refractivity contribution in [2.75, 3.05) is 73.7 Å². The molecule has 0 saturated carbocycles. The standard InChI is InChI=1S/C30H39N5O3/c1-2-34-29(37)35(27-7-5-6-26(22-27)33-18-20-38-21-19-33)28(36)30(34)12-16-31(17-13-30)23-24-8-10-25(11-9-24)32-14-3-4-15-32/h5-11,22H,2-4,12-21,23H2,1H3. The number of anilines is 3. The van der Waals surface area contributed by atoms with E-state index in [1.165, 1.54) is 29.0 Å². The molecule has 0 bridgehead atoms. The molecule has 1 spiro atoms. The predicted octanol–water partition coefficient (Wildman–Crippen LogP) is 3.95. The van der Waals surface area contributed by atoms with Gasteiger partial charge in [-0.25, -0.2) is 9.69 Å². The summed E-state index contributed by atoms with van der Waals surface area (Å²) in [6.07, 6.45) is 3.89. The zero-order chi connectivity index (χ0) is 26.1. The summed E-state index contributed by atoms with van der Waals surface area (Å²) in [4.78, 5) is 38.0. The zero-order valence-electron chi connectivity index (χ0n) is 22.5. The predicted molar refractivity (Wildman–Crippen MR) is 150 cm³/mol. The van der Waals surface area contributed by atoms with Crippen molar-refractivity contribution in [3.8, 4) is 0 Å². The SMILES string of the molecule is CCN1C(=O)N(c2cccc(N3CCOCC3)c2)C(=O)C12CCN(Cc1ccc(N3CCCC3)cc1)CC2. The van der Waals surface area contributed by atoms with Crippen LogP contribution in [0.5, 0.6) is 0 Å². The molecule has 4 aliphatic rings. The molecule has 4 heterocycles.